The molecule has 0 saturated carbocycles. The molecule has 7 nitrogen and oxygen atoms in total. The second-order valence-corrected chi connectivity index (χ2v) is 7.49. The van der Waals surface area contributed by atoms with Crippen LogP contribution in [-0.2, 0) is 4.79 Å². The van der Waals surface area contributed by atoms with Gasteiger partial charge in [0.25, 0.3) is 11.8 Å². The Morgan fingerprint density at radius 2 is 1.64 bits per heavy atom. The van der Waals surface area contributed by atoms with Crippen molar-refractivity contribution in [1.29, 1.82) is 0 Å². The van der Waals surface area contributed by atoms with Gasteiger partial charge in [0.2, 0.25) is 0 Å². The molecule has 2 amide bonds. The average molecular weight is 452 g/mol. The Bertz CT molecular complexity index is 1100. The van der Waals surface area contributed by atoms with Crippen LogP contribution in [-0.4, -0.2) is 54.5 Å². The van der Waals surface area contributed by atoms with Crippen molar-refractivity contribution in [3.63, 3.8) is 0 Å². The number of carbonyl (C=O) groups is 2. The highest BCUT2D eigenvalue weighted by molar-refractivity contribution is 5.94. The normalized spacial score (nSPS) is 13.5. The van der Waals surface area contributed by atoms with Crippen LogP contribution < -0.4 is 15.0 Å². The van der Waals surface area contributed by atoms with E-state index in [-0.39, 0.29) is 18.1 Å². The lowest BCUT2D eigenvalue weighted by molar-refractivity contribution is -0.118. The molecule has 0 bridgehead atoms. The number of carbonyl (C=O) groups excluding carboxylic acids is 2. The molecule has 0 radical (unpaired) electrons. The first-order chi connectivity index (χ1) is 16.0. The summed E-state index contributed by atoms with van der Waals surface area (Å²) in [7, 11) is 0. The van der Waals surface area contributed by atoms with Crippen LogP contribution in [0.25, 0.3) is 0 Å². The van der Waals surface area contributed by atoms with Crippen molar-refractivity contribution in [3.05, 3.63) is 84.1 Å². The van der Waals surface area contributed by atoms with Crippen molar-refractivity contribution in [2.24, 2.45) is 0 Å². The van der Waals surface area contributed by atoms with Crippen LogP contribution in [0.4, 0.5) is 20.3 Å². The molecule has 1 aliphatic rings. The quantitative estimate of drug-likeness (QED) is 0.621. The monoisotopic (exact) mass is 452 g/mol. The molecule has 0 atom stereocenters. The van der Waals surface area contributed by atoms with Crippen LogP contribution in [0.2, 0.25) is 0 Å². The first-order valence-electron chi connectivity index (χ1n) is 10.4. The minimum absolute atomic E-state index is 0.00425. The number of rotatable bonds is 6. The summed E-state index contributed by atoms with van der Waals surface area (Å²) in [6, 6.07) is 15.4. The number of hydrogen-bond acceptors (Lipinski definition) is 5. The number of para-hydroxylation sites is 1. The van der Waals surface area contributed by atoms with E-state index >= 15 is 0 Å². The summed E-state index contributed by atoms with van der Waals surface area (Å²) in [6.07, 6.45) is 1.56. The number of halogens is 2. The number of ether oxygens (including phenoxy) is 1. The van der Waals surface area contributed by atoms with Crippen molar-refractivity contribution >= 4 is 23.3 Å². The molecule has 170 valence electrons. The van der Waals surface area contributed by atoms with Crippen LogP contribution in [0, 0.1) is 11.6 Å². The fraction of sp³-hybridized carbons (Fsp3) is 0.208. The molecule has 1 aliphatic heterocycles. The Kier molecular flexibility index (Phi) is 6.77. The SMILES string of the molecule is O=C(COc1ccccc1)Nc1ccc(N2CCN(C(=O)c3cc(F)cc(F)c3)CC2)nc1. The maximum Gasteiger partial charge on any atom is 0.262 e. The summed E-state index contributed by atoms with van der Waals surface area (Å²) < 4.78 is 32.2. The van der Waals surface area contributed by atoms with Gasteiger partial charge in [0.15, 0.2) is 6.61 Å². The number of piperazine rings is 1. The molecule has 3 aromatic rings. The Morgan fingerprint density at radius 1 is 0.939 bits per heavy atom. The lowest BCUT2D eigenvalue weighted by Crippen LogP contribution is -2.49. The highest BCUT2D eigenvalue weighted by Crippen LogP contribution is 2.18. The standard InChI is InChI=1S/C24H22F2N4O3/c25-18-12-17(13-19(26)14-18)24(32)30-10-8-29(9-11-30)22-7-6-20(15-27-22)28-23(31)16-33-21-4-2-1-3-5-21/h1-7,12-15H,8-11,16H2,(H,28,31). The number of amides is 2. The summed E-state index contributed by atoms with van der Waals surface area (Å²) in [6.45, 7) is 1.72. The molecule has 0 unspecified atom stereocenters. The second kappa shape index (κ2) is 10.1. The minimum Gasteiger partial charge on any atom is -0.484 e. The number of aromatic nitrogens is 1. The topological polar surface area (TPSA) is 74.8 Å². The molecule has 9 heteroatoms. The van der Waals surface area contributed by atoms with Gasteiger partial charge in [0, 0.05) is 37.8 Å². The van der Waals surface area contributed by atoms with E-state index in [4.69, 9.17) is 4.74 Å². The molecular formula is C24H22F2N4O3. The van der Waals surface area contributed by atoms with E-state index < -0.39 is 17.5 Å². The fourth-order valence-corrected chi connectivity index (χ4v) is 3.51. The largest absolute Gasteiger partial charge is 0.484 e. The first-order valence-corrected chi connectivity index (χ1v) is 10.4. The fourth-order valence-electron chi connectivity index (χ4n) is 3.51. The molecule has 2 aromatic carbocycles. The van der Waals surface area contributed by atoms with E-state index in [9.17, 15) is 18.4 Å². The highest BCUT2D eigenvalue weighted by Gasteiger charge is 2.23. The zero-order valence-corrected chi connectivity index (χ0v) is 17.7. The zero-order valence-electron chi connectivity index (χ0n) is 17.7. The summed E-state index contributed by atoms with van der Waals surface area (Å²) in [5.41, 5.74) is 0.540. The van der Waals surface area contributed by atoms with Gasteiger partial charge < -0.3 is 19.9 Å². The third-order valence-corrected chi connectivity index (χ3v) is 5.15. The predicted octanol–water partition coefficient (Wildman–Crippen LogP) is 3.34. The predicted molar refractivity (Wildman–Crippen MR) is 119 cm³/mol. The minimum atomic E-state index is -0.778. The number of pyridine rings is 1. The van der Waals surface area contributed by atoms with E-state index in [1.807, 2.05) is 23.1 Å². The Labute approximate surface area is 189 Å². The Morgan fingerprint density at radius 3 is 2.27 bits per heavy atom. The van der Waals surface area contributed by atoms with E-state index in [0.29, 0.717) is 43.4 Å². The van der Waals surface area contributed by atoms with Crippen molar-refractivity contribution in [1.82, 2.24) is 9.88 Å². The van der Waals surface area contributed by atoms with Crippen LogP contribution in [0.3, 0.4) is 0 Å². The maximum atomic E-state index is 13.4. The Hall–Kier alpha value is -4.01. The molecule has 1 aromatic heterocycles. The maximum absolute atomic E-state index is 13.4. The number of benzene rings is 2. The molecule has 0 aliphatic carbocycles. The molecule has 1 N–H and O–H groups in total. The number of anilines is 2. The molecule has 1 fully saturated rings. The third kappa shape index (κ3) is 5.82. The summed E-state index contributed by atoms with van der Waals surface area (Å²) in [4.78, 5) is 32.6. The molecule has 0 spiro atoms. The van der Waals surface area contributed by atoms with Gasteiger partial charge in [0.1, 0.15) is 23.2 Å². The second-order valence-electron chi connectivity index (χ2n) is 7.49. The van der Waals surface area contributed by atoms with E-state index in [2.05, 4.69) is 10.3 Å². The van der Waals surface area contributed by atoms with Crippen molar-refractivity contribution in [3.8, 4) is 5.75 Å². The van der Waals surface area contributed by atoms with Gasteiger partial charge in [-0.15, -0.1) is 0 Å². The molecule has 33 heavy (non-hydrogen) atoms. The van der Waals surface area contributed by atoms with Crippen molar-refractivity contribution in [2.45, 2.75) is 0 Å². The summed E-state index contributed by atoms with van der Waals surface area (Å²) >= 11 is 0. The molecule has 1 saturated heterocycles. The van der Waals surface area contributed by atoms with Gasteiger partial charge in [0.05, 0.1) is 11.9 Å². The van der Waals surface area contributed by atoms with E-state index in [0.717, 1.165) is 18.2 Å². The van der Waals surface area contributed by atoms with Gasteiger partial charge in [-0.2, -0.15) is 0 Å². The van der Waals surface area contributed by atoms with Gasteiger partial charge in [-0.3, -0.25) is 9.59 Å². The molecular weight excluding hydrogens is 430 g/mol. The number of nitrogens with zero attached hydrogens (tertiary/aromatic N) is 3. The van der Waals surface area contributed by atoms with Crippen LogP contribution >= 0.6 is 0 Å². The van der Waals surface area contributed by atoms with Gasteiger partial charge in [-0.25, -0.2) is 13.8 Å². The number of hydrogen-bond donors (Lipinski definition) is 1. The van der Waals surface area contributed by atoms with Gasteiger partial charge >= 0.3 is 0 Å². The van der Waals surface area contributed by atoms with Gasteiger partial charge in [-0.1, -0.05) is 18.2 Å². The highest BCUT2D eigenvalue weighted by atomic mass is 19.1. The number of nitrogens with one attached hydrogen (secondary N) is 1. The smallest absolute Gasteiger partial charge is 0.262 e. The summed E-state index contributed by atoms with van der Waals surface area (Å²) in [5, 5.41) is 2.73. The first kappa shape index (κ1) is 22.2. The van der Waals surface area contributed by atoms with Crippen LogP contribution in [0.5, 0.6) is 5.75 Å². The van der Waals surface area contributed by atoms with Crippen LogP contribution in [0.15, 0.2) is 66.9 Å². The average Bonchev–Trinajstić information content (AvgIpc) is 2.83. The lowest BCUT2D eigenvalue weighted by Gasteiger charge is -2.35. The summed E-state index contributed by atoms with van der Waals surface area (Å²) in [5.74, 6) is -0.940. The Balaban J connectivity index is 1.27. The van der Waals surface area contributed by atoms with Crippen molar-refractivity contribution < 1.29 is 23.1 Å². The van der Waals surface area contributed by atoms with Crippen LogP contribution in [0.1, 0.15) is 10.4 Å². The van der Waals surface area contributed by atoms with Crippen molar-refractivity contribution in [2.75, 3.05) is 43.0 Å². The lowest BCUT2D eigenvalue weighted by atomic mass is 10.1. The zero-order chi connectivity index (χ0) is 23.2. The molecule has 4 rings (SSSR count). The van der Waals surface area contributed by atoms with E-state index in [1.165, 1.54) is 0 Å². The third-order valence-electron chi connectivity index (χ3n) is 5.15. The van der Waals surface area contributed by atoms with Gasteiger partial charge in [-0.05, 0) is 36.4 Å². The van der Waals surface area contributed by atoms with E-state index in [1.54, 1.807) is 35.4 Å². The molecule has 2 heterocycles.